The largest absolute Gasteiger partial charge is 0.456 e. The van der Waals surface area contributed by atoms with Crippen LogP contribution < -0.4 is 4.90 Å². The minimum atomic E-state index is 0.876. The van der Waals surface area contributed by atoms with Crippen molar-refractivity contribution in [1.82, 2.24) is 0 Å². The van der Waals surface area contributed by atoms with Crippen LogP contribution in [0.4, 0.5) is 17.1 Å². The standard InChI is InChI=1S/C46H27NO2S/c1-2-10-30(11-3-1)47(31-20-17-29(18-21-31)33-14-8-15-36-35-13-6-7-16-40(35)49-44(33)36)32-22-24-39-42(27-32)48-41-26-25-38-37-23-19-28-9-4-5-12-34(28)45(37)50-46(38)43(39)41/h1-27H. The van der Waals surface area contributed by atoms with E-state index in [9.17, 15) is 0 Å². The zero-order chi connectivity index (χ0) is 32.8. The van der Waals surface area contributed by atoms with Crippen LogP contribution in [-0.2, 0) is 0 Å². The Balaban J connectivity index is 1.05. The smallest absolute Gasteiger partial charge is 0.143 e. The molecule has 11 aromatic rings. The van der Waals surface area contributed by atoms with Gasteiger partial charge in [0.25, 0.3) is 0 Å². The van der Waals surface area contributed by atoms with E-state index in [-0.39, 0.29) is 0 Å². The van der Waals surface area contributed by atoms with Crippen molar-refractivity contribution in [3.63, 3.8) is 0 Å². The summed E-state index contributed by atoms with van der Waals surface area (Å²) in [6.07, 6.45) is 0. The van der Waals surface area contributed by atoms with Crippen molar-refractivity contribution in [2.24, 2.45) is 0 Å². The molecule has 0 unspecified atom stereocenters. The highest BCUT2D eigenvalue weighted by Crippen LogP contribution is 2.46. The predicted octanol–water partition coefficient (Wildman–Crippen LogP) is 14.1. The minimum absolute atomic E-state index is 0.876. The molecule has 0 aliphatic carbocycles. The molecule has 0 bridgehead atoms. The van der Waals surface area contributed by atoms with Crippen molar-refractivity contribution in [1.29, 1.82) is 0 Å². The van der Waals surface area contributed by atoms with Gasteiger partial charge in [-0.05, 0) is 70.9 Å². The van der Waals surface area contributed by atoms with Crippen LogP contribution in [0.2, 0.25) is 0 Å². The Hall–Kier alpha value is -6.36. The highest BCUT2D eigenvalue weighted by atomic mass is 32.1. The van der Waals surface area contributed by atoms with Gasteiger partial charge in [0.2, 0.25) is 0 Å². The quantitative estimate of drug-likeness (QED) is 0.189. The van der Waals surface area contributed by atoms with E-state index in [4.69, 9.17) is 8.83 Å². The van der Waals surface area contributed by atoms with Gasteiger partial charge in [-0.15, -0.1) is 11.3 Å². The summed E-state index contributed by atoms with van der Waals surface area (Å²) in [6, 6.07) is 58.0. The van der Waals surface area contributed by atoms with Crippen molar-refractivity contribution in [2.45, 2.75) is 0 Å². The number of benzene rings is 8. The number of para-hydroxylation sites is 3. The fourth-order valence-electron chi connectivity index (χ4n) is 7.74. The summed E-state index contributed by atoms with van der Waals surface area (Å²) in [5.41, 5.74) is 8.98. The van der Waals surface area contributed by atoms with E-state index in [2.05, 4.69) is 157 Å². The first-order valence-corrected chi connectivity index (χ1v) is 17.7. The van der Waals surface area contributed by atoms with Gasteiger partial charge in [-0.2, -0.15) is 0 Å². The van der Waals surface area contributed by atoms with Crippen LogP contribution >= 0.6 is 11.3 Å². The van der Waals surface area contributed by atoms with Gasteiger partial charge >= 0.3 is 0 Å². The SMILES string of the molecule is c1ccc(N(c2ccc(-c3cccc4c3oc3ccccc34)cc2)c2ccc3c(c2)oc2ccc4c5ccc6ccccc6c5sc4c23)cc1. The van der Waals surface area contributed by atoms with Gasteiger partial charge < -0.3 is 13.7 Å². The lowest BCUT2D eigenvalue weighted by Gasteiger charge is -2.25. The number of anilines is 3. The first kappa shape index (κ1) is 27.6. The van der Waals surface area contributed by atoms with Crippen LogP contribution in [0.15, 0.2) is 173 Å². The van der Waals surface area contributed by atoms with Gasteiger partial charge in [-0.1, -0.05) is 103 Å². The summed E-state index contributed by atoms with van der Waals surface area (Å²) in [5.74, 6) is 0. The summed E-state index contributed by atoms with van der Waals surface area (Å²) in [6.45, 7) is 0. The Morgan fingerprint density at radius 2 is 1.10 bits per heavy atom. The molecule has 0 aliphatic rings. The molecule has 3 heterocycles. The topological polar surface area (TPSA) is 29.5 Å². The maximum absolute atomic E-state index is 6.62. The van der Waals surface area contributed by atoms with E-state index < -0.39 is 0 Å². The van der Waals surface area contributed by atoms with E-state index in [1.165, 1.54) is 36.3 Å². The number of thiophene rings is 1. The predicted molar refractivity (Wildman–Crippen MR) is 212 cm³/mol. The maximum atomic E-state index is 6.62. The Kier molecular flexibility index (Phi) is 5.83. The van der Waals surface area contributed by atoms with Crippen molar-refractivity contribution in [2.75, 3.05) is 4.90 Å². The molecule has 0 spiro atoms. The number of nitrogens with zero attached hydrogens (tertiary/aromatic N) is 1. The average molecular weight is 658 g/mol. The van der Waals surface area contributed by atoms with Crippen molar-refractivity contribution >= 4 is 103 Å². The average Bonchev–Trinajstić information content (AvgIpc) is 3.87. The van der Waals surface area contributed by atoms with Crippen LogP contribution in [0, 0.1) is 0 Å². The van der Waals surface area contributed by atoms with E-state index in [0.717, 1.165) is 66.7 Å². The van der Waals surface area contributed by atoms with Gasteiger partial charge in [0, 0.05) is 70.4 Å². The Bertz CT molecular complexity index is 3090. The van der Waals surface area contributed by atoms with E-state index >= 15 is 0 Å². The second-order valence-corrected chi connectivity index (χ2v) is 13.9. The second-order valence-electron chi connectivity index (χ2n) is 12.9. The molecule has 234 valence electrons. The fraction of sp³-hybridized carbons (Fsp3) is 0. The first-order chi connectivity index (χ1) is 24.8. The number of rotatable bonds is 4. The highest BCUT2D eigenvalue weighted by Gasteiger charge is 2.19. The lowest BCUT2D eigenvalue weighted by atomic mass is 10.0. The van der Waals surface area contributed by atoms with Gasteiger partial charge in [0.1, 0.15) is 22.3 Å². The summed E-state index contributed by atoms with van der Waals surface area (Å²) in [7, 11) is 0. The van der Waals surface area contributed by atoms with Gasteiger partial charge in [-0.3, -0.25) is 0 Å². The summed E-state index contributed by atoms with van der Waals surface area (Å²) >= 11 is 1.87. The number of furan rings is 2. The van der Waals surface area contributed by atoms with Gasteiger partial charge in [0.15, 0.2) is 0 Å². The molecule has 0 radical (unpaired) electrons. The lowest BCUT2D eigenvalue weighted by Crippen LogP contribution is -2.09. The molecule has 0 N–H and O–H groups in total. The molecule has 4 heteroatoms. The van der Waals surface area contributed by atoms with Crippen LogP contribution in [0.3, 0.4) is 0 Å². The second kappa shape index (κ2) is 10.6. The molecule has 0 fully saturated rings. The Morgan fingerprint density at radius 3 is 2.00 bits per heavy atom. The third-order valence-corrected chi connectivity index (χ3v) is 11.3. The van der Waals surface area contributed by atoms with Crippen molar-refractivity contribution in [3.8, 4) is 11.1 Å². The van der Waals surface area contributed by atoms with Gasteiger partial charge in [0.05, 0.1) is 0 Å². The number of hydrogen-bond acceptors (Lipinski definition) is 4. The van der Waals surface area contributed by atoms with Crippen molar-refractivity contribution in [3.05, 3.63) is 164 Å². The first-order valence-electron chi connectivity index (χ1n) is 16.8. The summed E-state index contributed by atoms with van der Waals surface area (Å²) in [5, 5.41) is 9.73. The normalized spacial score (nSPS) is 12.0. The minimum Gasteiger partial charge on any atom is -0.456 e. The zero-order valence-electron chi connectivity index (χ0n) is 26.8. The maximum Gasteiger partial charge on any atom is 0.143 e. The fourth-order valence-corrected chi connectivity index (χ4v) is 9.13. The van der Waals surface area contributed by atoms with Crippen LogP contribution in [-0.4, -0.2) is 0 Å². The lowest BCUT2D eigenvalue weighted by molar-refractivity contribution is 0.669. The molecule has 3 aromatic heterocycles. The third-order valence-electron chi connectivity index (χ3n) is 10.1. The molecular formula is C46H27NO2S. The molecular weight excluding hydrogens is 631 g/mol. The molecule has 0 saturated heterocycles. The molecule has 0 saturated carbocycles. The van der Waals surface area contributed by atoms with Gasteiger partial charge in [-0.25, -0.2) is 0 Å². The highest BCUT2D eigenvalue weighted by molar-refractivity contribution is 7.27. The van der Waals surface area contributed by atoms with Crippen LogP contribution in [0.25, 0.3) is 85.9 Å². The molecule has 8 aromatic carbocycles. The number of hydrogen-bond donors (Lipinski definition) is 0. The Labute approximate surface area is 290 Å². The van der Waals surface area contributed by atoms with E-state index in [1.807, 2.05) is 23.5 Å². The monoisotopic (exact) mass is 657 g/mol. The third kappa shape index (κ3) is 4.03. The molecule has 50 heavy (non-hydrogen) atoms. The Morgan fingerprint density at radius 1 is 0.400 bits per heavy atom. The van der Waals surface area contributed by atoms with Crippen molar-refractivity contribution < 1.29 is 8.83 Å². The summed E-state index contributed by atoms with van der Waals surface area (Å²) in [4.78, 5) is 2.29. The molecule has 0 aliphatic heterocycles. The van der Waals surface area contributed by atoms with Crippen LogP contribution in [0.1, 0.15) is 0 Å². The molecule has 3 nitrogen and oxygen atoms in total. The number of fused-ring (bicyclic) bond motifs is 12. The van der Waals surface area contributed by atoms with E-state index in [0.29, 0.717) is 0 Å². The summed E-state index contributed by atoms with van der Waals surface area (Å²) < 4.78 is 15.6. The molecule has 0 atom stereocenters. The molecule has 11 rings (SSSR count). The zero-order valence-corrected chi connectivity index (χ0v) is 27.6. The van der Waals surface area contributed by atoms with Crippen LogP contribution in [0.5, 0.6) is 0 Å². The van der Waals surface area contributed by atoms with E-state index in [1.54, 1.807) is 0 Å². The molecule has 0 amide bonds.